The van der Waals surface area contributed by atoms with Gasteiger partial charge in [-0.1, -0.05) is 20.8 Å². The van der Waals surface area contributed by atoms with Crippen molar-refractivity contribution < 1.29 is 5.11 Å². The minimum Gasteiger partial charge on any atom is -0.508 e. The molecule has 1 heterocycles. The molecule has 0 saturated heterocycles. The highest BCUT2D eigenvalue weighted by Crippen LogP contribution is 2.26. The molecule has 102 valence electrons. The van der Waals surface area contributed by atoms with E-state index in [-0.39, 0.29) is 5.41 Å². The van der Waals surface area contributed by atoms with Gasteiger partial charge in [-0.25, -0.2) is 4.98 Å². The number of benzene rings is 1. The van der Waals surface area contributed by atoms with Crippen molar-refractivity contribution in [1.29, 1.82) is 0 Å². The molecule has 0 aliphatic rings. The Bertz CT molecular complexity index is 570. The van der Waals surface area contributed by atoms with Crippen molar-refractivity contribution >= 4 is 17.0 Å². The maximum atomic E-state index is 9.38. The van der Waals surface area contributed by atoms with Crippen molar-refractivity contribution in [2.24, 2.45) is 0 Å². The SMILES string of the molecule is Cc1cc(O)ccc1NCc1csc(C(C)(C)C)n1. The smallest absolute Gasteiger partial charge is 0.115 e. The maximum Gasteiger partial charge on any atom is 0.115 e. The average molecular weight is 276 g/mol. The minimum atomic E-state index is 0.109. The van der Waals surface area contributed by atoms with Crippen molar-refractivity contribution in [2.45, 2.75) is 39.7 Å². The number of thiazole rings is 1. The fourth-order valence-corrected chi connectivity index (χ4v) is 2.67. The van der Waals surface area contributed by atoms with E-state index in [9.17, 15) is 5.11 Å². The number of nitrogens with zero attached hydrogens (tertiary/aromatic N) is 1. The van der Waals surface area contributed by atoms with Crippen LogP contribution in [0.1, 0.15) is 37.0 Å². The van der Waals surface area contributed by atoms with E-state index < -0.39 is 0 Å². The highest BCUT2D eigenvalue weighted by atomic mass is 32.1. The van der Waals surface area contributed by atoms with Crippen molar-refractivity contribution in [3.8, 4) is 5.75 Å². The molecule has 2 aromatic rings. The molecule has 0 amide bonds. The summed E-state index contributed by atoms with van der Waals surface area (Å²) in [5.74, 6) is 0.298. The van der Waals surface area contributed by atoms with E-state index >= 15 is 0 Å². The standard InChI is InChI=1S/C15H20N2OS/c1-10-7-12(18)5-6-13(10)16-8-11-9-19-14(17-11)15(2,3)4/h5-7,9,16,18H,8H2,1-4H3. The van der Waals surface area contributed by atoms with Crippen LogP contribution in [0.25, 0.3) is 0 Å². The Morgan fingerprint density at radius 1 is 1.32 bits per heavy atom. The summed E-state index contributed by atoms with van der Waals surface area (Å²) in [7, 11) is 0. The van der Waals surface area contributed by atoms with Gasteiger partial charge in [0.25, 0.3) is 0 Å². The zero-order valence-corrected chi connectivity index (χ0v) is 12.6. The van der Waals surface area contributed by atoms with E-state index in [2.05, 4.69) is 36.5 Å². The summed E-state index contributed by atoms with van der Waals surface area (Å²) in [5.41, 5.74) is 3.23. The van der Waals surface area contributed by atoms with Gasteiger partial charge in [0.2, 0.25) is 0 Å². The predicted octanol–water partition coefficient (Wildman–Crippen LogP) is 4.07. The predicted molar refractivity (Wildman–Crippen MR) is 81.0 cm³/mol. The van der Waals surface area contributed by atoms with Crippen LogP contribution in [0, 0.1) is 6.92 Å². The van der Waals surface area contributed by atoms with Crippen LogP contribution >= 0.6 is 11.3 Å². The second-order valence-corrected chi connectivity index (χ2v) is 6.60. The molecule has 4 heteroatoms. The molecule has 0 fully saturated rings. The monoisotopic (exact) mass is 276 g/mol. The van der Waals surface area contributed by atoms with Crippen molar-refractivity contribution in [2.75, 3.05) is 5.32 Å². The minimum absolute atomic E-state index is 0.109. The van der Waals surface area contributed by atoms with Gasteiger partial charge in [-0.05, 0) is 30.7 Å². The number of aromatic nitrogens is 1. The Morgan fingerprint density at radius 3 is 2.63 bits per heavy atom. The summed E-state index contributed by atoms with van der Waals surface area (Å²) in [5, 5.41) is 16.0. The normalized spacial score (nSPS) is 11.6. The van der Waals surface area contributed by atoms with E-state index in [0.29, 0.717) is 12.3 Å². The van der Waals surface area contributed by atoms with Gasteiger partial charge in [0.15, 0.2) is 0 Å². The molecule has 1 aromatic heterocycles. The van der Waals surface area contributed by atoms with E-state index in [1.54, 1.807) is 23.5 Å². The third-order valence-electron chi connectivity index (χ3n) is 2.86. The maximum absolute atomic E-state index is 9.38. The van der Waals surface area contributed by atoms with Gasteiger partial charge in [-0.3, -0.25) is 0 Å². The lowest BCUT2D eigenvalue weighted by Crippen LogP contribution is -2.11. The van der Waals surface area contributed by atoms with Gasteiger partial charge in [-0.2, -0.15) is 0 Å². The molecule has 1 aromatic carbocycles. The van der Waals surface area contributed by atoms with Crippen molar-refractivity contribution in [1.82, 2.24) is 4.98 Å². The molecule has 0 unspecified atom stereocenters. The molecular formula is C15H20N2OS. The first-order chi connectivity index (χ1) is 8.86. The summed E-state index contributed by atoms with van der Waals surface area (Å²) >= 11 is 1.71. The summed E-state index contributed by atoms with van der Waals surface area (Å²) in [6.45, 7) is 9.20. The van der Waals surface area contributed by atoms with Crippen molar-refractivity contribution in [3.05, 3.63) is 39.8 Å². The molecular weight excluding hydrogens is 256 g/mol. The van der Waals surface area contributed by atoms with Crippen LogP contribution in [0.2, 0.25) is 0 Å². The van der Waals surface area contributed by atoms with Crippen LogP contribution in [-0.4, -0.2) is 10.1 Å². The second kappa shape index (κ2) is 5.21. The fourth-order valence-electron chi connectivity index (χ4n) is 1.76. The Balaban J connectivity index is 2.04. The van der Waals surface area contributed by atoms with E-state index in [1.807, 2.05) is 13.0 Å². The summed E-state index contributed by atoms with van der Waals surface area (Å²) in [6.07, 6.45) is 0. The molecule has 0 radical (unpaired) electrons. The van der Waals surface area contributed by atoms with Crippen LogP contribution in [0.5, 0.6) is 5.75 Å². The van der Waals surface area contributed by atoms with Crippen LogP contribution in [0.15, 0.2) is 23.6 Å². The Kier molecular flexibility index (Phi) is 3.80. The molecule has 19 heavy (non-hydrogen) atoms. The number of anilines is 1. The van der Waals surface area contributed by atoms with Gasteiger partial charge in [0, 0.05) is 16.5 Å². The molecule has 2 N–H and O–H groups in total. The number of nitrogens with one attached hydrogen (secondary N) is 1. The van der Waals surface area contributed by atoms with E-state index in [0.717, 1.165) is 22.0 Å². The van der Waals surface area contributed by atoms with Gasteiger partial charge in [-0.15, -0.1) is 11.3 Å². The lowest BCUT2D eigenvalue weighted by molar-refractivity contribution is 0.475. The molecule has 0 aliphatic heterocycles. The van der Waals surface area contributed by atoms with E-state index in [1.165, 1.54) is 0 Å². The number of phenols is 1. The number of aryl methyl sites for hydroxylation is 1. The molecule has 3 nitrogen and oxygen atoms in total. The fraction of sp³-hybridized carbons (Fsp3) is 0.400. The third-order valence-corrected chi connectivity index (χ3v) is 4.18. The first-order valence-corrected chi connectivity index (χ1v) is 7.22. The van der Waals surface area contributed by atoms with Crippen LogP contribution in [-0.2, 0) is 12.0 Å². The van der Waals surface area contributed by atoms with Crippen molar-refractivity contribution in [3.63, 3.8) is 0 Å². The molecule has 0 bridgehead atoms. The molecule has 0 saturated carbocycles. The average Bonchev–Trinajstić information content (AvgIpc) is 2.76. The van der Waals surface area contributed by atoms with Crippen LogP contribution in [0.3, 0.4) is 0 Å². The third kappa shape index (κ3) is 3.47. The summed E-state index contributed by atoms with van der Waals surface area (Å²) in [6, 6.07) is 5.34. The lowest BCUT2D eigenvalue weighted by atomic mass is 9.98. The molecule has 0 atom stereocenters. The summed E-state index contributed by atoms with van der Waals surface area (Å²) in [4.78, 5) is 4.65. The lowest BCUT2D eigenvalue weighted by Gasteiger charge is -2.13. The first kappa shape index (κ1) is 13.9. The number of aromatic hydroxyl groups is 1. The Morgan fingerprint density at radius 2 is 2.05 bits per heavy atom. The summed E-state index contributed by atoms with van der Waals surface area (Å²) < 4.78 is 0. The van der Waals surface area contributed by atoms with Gasteiger partial charge in [0.05, 0.1) is 17.2 Å². The molecule has 2 rings (SSSR count). The zero-order valence-electron chi connectivity index (χ0n) is 11.8. The number of hydrogen-bond acceptors (Lipinski definition) is 4. The Hall–Kier alpha value is -1.55. The number of hydrogen-bond donors (Lipinski definition) is 2. The zero-order chi connectivity index (χ0) is 14.0. The molecule has 0 aliphatic carbocycles. The number of rotatable bonds is 3. The topological polar surface area (TPSA) is 45.1 Å². The van der Waals surface area contributed by atoms with E-state index in [4.69, 9.17) is 0 Å². The van der Waals surface area contributed by atoms with Gasteiger partial charge < -0.3 is 10.4 Å². The highest BCUT2D eigenvalue weighted by molar-refractivity contribution is 7.09. The quantitative estimate of drug-likeness (QED) is 0.831. The number of phenolic OH excluding ortho intramolecular Hbond substituents is 1. The van der Waals surface area contributed by atoms with Crippen LogP contribution in [0.4, 0.5) is 5.69 Å². The van der Waals surface area contributed by atoms with Gasteiger partial charge >= 0.3 is 0 Å². The molecule has 0 spiro atoms. The first-order valence-electron chi connectivity index (χ1n) is 6.34. The van der Waals surface area contributed by atoms with Gasteiger partial charge in [0.1, 0.15) is 5.75 Å². The highest BCUT2D eigenvalue weighted by Gasteiger charge is 2.17. The largest absolute Gasteiger partial charge is 0.508 e. The second-order valence-electron chi connectivity index (χ2n) is 5.75. The van der Waals surface area contributed by atoms with Crippen LogP contribution < -0.4 is 5.32 Å². The Labute approximate surface area is 118 Å².